The van der Waals surface area contributed by atoms with Gasteiger partial charge in [0.1, 0.15) is 5.82 Å². The van der Waals surface area contributed by atoms with Crippen LogP contribution in [0, 0.1) is 0 Å². The van der Waals surface area contributed by atoms with Gasteiger partial charge in [-0.2, -0.15) is 0 Å². The molecular weight excluding hydrogens is 248 g/mol. The SMILES string of the molecule is CN(Cc1ccccc1Cl)c1cc(CO)ccn1. The van der Waals surface area contributed by atoms with E-state index in [4.69, 9.17) is 16.7 Å². The van der Waals surface area contributed by atoms with Gasteiger partial charge in [-0.05, 0) is 29.3 Å². The van der Waals surface area contributed by atoms with Crippen molar-refractivity contribution in [3.05, 3.63) is 58.7 Å². The van der Waals surface area contributed by atoms with Crippen LogP contribution in [-0.4, -0.2) is 17.1 Å². The monoisotopic (exact) mass is 262 g/mol. The molecule has 1 aromatic carbocycles. The van der Waals surface area contributed by atoms with Crippen LogP contribution in [-0.2, 0) is 13.2 Å². The molecule has 0 amide bonds. The molecule has 1 heterocycles. The predicted molar refractivity (Wildman–Crippen MR) is 73.7 cm³/mol. The molecule has 0 radical (unpaired) electrons. The van der Waals surface area contributed by atoms with Crippen molar-refractivity contribution in [1.29, 1.82) is 0 Å². The first-order chi connectivity index (χ1) is 8.70. The summed E-state index contributed by atoms with van der Waals surface area (Å²) in [6, 6.07) is 11.4. The van der Waals surface area contributed by atoms with Crippen molar-refractivity contribution in [1.82, 2.24) is 4.98 Å². The molecule has 0 aliphatic rings. The molecule has 2 aromatic rings. The average molecular weight is 263 g/mol. The third-order valence-electron chi connectivity index (χ3n) is 2.75. The maximum Gasteiger partial charge on any atom is 0.128 e. The lowest BCUT2D eigenvalue weighted by atomic mass is 10.2. The second-order valence-corrected chi connectivity index (χ2v) is 4.54. The minimum atomic E-state index is 0.0233. The molecule has 2 rings (SSSR count). The molecule has 1 aromatic heterocycles. The lowest BCUT2D eigenvalue weighted by molar-refractivity contribution is 0.281. The van der Waals surface area contributed by atoms with Gasteiger partial charge in [-0.3, -0.25) is 0 Å². The molecule has 1 N–H and O–H groups in total. The average Bonchev–Trinajstić information content (AvgIpc) is 2.41. The number of benzene rings is 1. The van der Waals surface area contributed by atoms with Crippen molar-refractivity contribution in [2.75, 3.05) is 11.9 Å². The quantitative estimate of drug-likeness (QED) is 0.921. The third kappa shape index (κ3) is 3.00. The van der Waals surface area contributed by atoms with Gasteiger partial charge in [0.25, 0.3) is 0 Å². The van der Waals surface area contributed by atoms with Gasteiger partial charge in [0.2, 0.25) is 0 Å². The predicted octanol–water partition coefficient (Wildman–Crippen LogP) is 2.86. The number of anilines is 1. The Morgan fingerprint density at radius 1 is 1.28 bits per heavy atom. The summed E-state index contributed by atoms with van der Waals surface area (Å²) in [5.74, 6) is 0.821. The first kappa shape index (κ1) is 12.9. The molecule has 0 spiro atoms. The highest BCUT2D eigenvalue weighted by Crippen LogP contribution is 2.19. The van der Waals surface area contributed by atoms with Gasteiger partial charge in [-0.1, -0.05) is 29.8 Å². The second-order valence-electron chi connectivity index (χ2n) is 4.13. The number of hydrogen-bond donors (Lipinski definition) is 1. The van der Waals surface area contributed by atoms with Crippen LogP contribution in [0.4, 0.5) is 5.82 Å². The van der Waals surface area contributed by atoms with Crippen LogP contribution in [0.2, 0.25) is 5.02 Å². The molecule has 18 heavy (non-hydrogen) atoms. The fraction of sp³-hybridized carbons (Fsp3) is 0.214. The number of halogens is 1. The Kier molecular flexibility index (Phi) is 4.18. The Hall–Kier alpha value is -1.58. The Bertz CT molecular complexity index is 531. The minimum absolute atomic E-state index is 0.0233. The van der Waals surface area contributed by atoms with E-state index in [-0.39, 0.29) is 6.61 Å². The van der Waals surface area contributed by atoms with Crippen LogP contribution < -0.4 is 4.90 Å². The third-order valence-corrected chi connectivity index (χ3v) is 3.12. The first-order valence-corrected chi connectivity index (χ1v) is 6.09. The molecule has 94 valence electrons. The van der Waals surface area contributed by atoms with Gasteiger partial charge in [0.15, 0.2) is 0 Å². The zero-order chi connectivity index (χ0) is 13.0. The van der Waals surface area contributed by atoms with Crippen LogP contribution in [0.5, 0.6) is 0 Å². The Labute approximate surface area is 112 Å². The van der Waals surface area contributed by atoms with Crippen molar-refractivity contribution < 1.29 is 5.11 Å². The molecule has 0 bridgehead atoms. The van der Waals surface area contributed by atoms with Crippen molar-refractivity contribution in [3.63, 3.8) is 0 Å². The zero-order valence-corrected chi connectivity index (χ0v) is 10.9. The zero-order valence-electron chi connectivity index (χ0n) is 10.2. The van der Waals surface area contributed by atoms with Crippen LogP contribution in [0.15, 0.2) is 42.6 Å². The molecule has 4 heteroatoms. The minimum Gasteiger partial charge on any atom is -0.392 e. The molecule has 0 unspecified atom stereocenters. The smallest absolute Gasteiger partial charge is 0.128 e. The number of aliphatic hydroxyl groups excluding tert-OH is 1. The van der Waals surface area contributed by atoms with E-state index < -0.39 is 0 Å². The highest BCUT2D eigenvalue weighted by atomic mass is 35.5. The van der Waals surface area contributed by atoms with Crippen LogP contribution >= 0.6 is 11.6 Å². The van der Waals surface area contributed by atoms with Gasteiger partial charge in [0.05, 0.1) is 6.61 Å². The number of aliphatic hydroxyl groups is 1. The summed E-state index contributed by atoms with van der Waals surface area (Å²) in [6.07, 6.45) is 1.70. The molecule has 3 nitrogen and oxygen atoms in total. The van der Waals surface area contributed by atoms with E-state index >= 15 is 0 Å². The number of hydrogen-bond acceptors (Lipinski definition) is 3. The summed E-state index contributed by atoms with van der Waals surface area (Å²) in [5.41, 5.74) is 1.91. The number of rotatable bonds is 4. The Balaban J connectivity index is 2.16. The van der Waals surface area contributed by atoms with Gasteiger partial charge >= 0.3 is 0 Å². The van der Waals surface area contributed by atoms with Crippen LogP contribution in [0.1, 0.15) is 11.1 Å². The summed E-state index contributed by atoms with van der Waals surface area (Å²) in [4.78, 5) is 6.29. The summed E-state index contributed by atoms with van der Waals surface area (Å²) >= 11 is 6.13. The largest absolute Gasteiger partial charge is 0.392 e. The van der Waals surface area contributed by atoms with E-state index in [1.54, 1.807) is 12.3 Å². The van der Waals surface area contributed by atoms with E-state index in [0.717, 1.165) is 22.0 Å². The van der Waals surface area contributed by atoms with Gasteiger partial charge in [0, 0.05) is 24.8 Å². The summed E-state index contributed by atoms with van der Waals surface area (Å²) in [6.45, 7) is 0.705. The van der Waals surface area contributed by atoms with Crippen molar-refractivity contribution in [2.45, 2.75) is 13.2 Å². The van der Waals surface area contributed by atoms with Crippen LogP contribution in [0.25, 0.3) is 0 Å². The van der Waals surface area contributed by atoms with Crippen molar-refractivity contribution >= 4 is 17.4 Å². The summed E-state index contributed by atoms with van der Waals surface area (Å²) < 4.78 is 0. The molecular formula is C14H15ClN2O. The van der Waals surface area contributed by atoms with E-state index in [1.807, 2.05) is 42.3 Å². The summed E-state index contributed by atoms with van der Waals surface area (Å²) in [7, 11) is 1.95. The summed E-state index contributed by atoms with van der Waals surface area (Å²) in [5, 5.41) is 9.86. The highest BCUT2D eigenvalue weighted by Gasteiger charge is 2.06. The topological polar surface area (TPSA) is 36.4 Å². The standard InChI is InChI=1S/C14H15ClN2O/c1-17(9-12-4-2-3-5-13(12)15)14-8-11(10-18)6-7-16-14/h2-8,18H,9-10H2,1H3. The van der Waals surface area contributed by atoms with Crippen molar-refractivity contribution in [3.8, 4) is 0 Å². The Morgan fingerprint density at radius 3 is 2.78 bits per heavy atom. The number of nitrogens with zero attached hydrogens (tertiary/aromatic N) is 2. The molecule has 0 saturated heterocycles. The number of aromatic nitrogens is 1. The first-order valence-electron chi connectivity index (χ1n) is 5.71. The van der Waals surface area contributed by atoms with Gasteiger partial charge in [-0.15, -0.1) is 0 Å². The normalized spacial score (nSPS) is 10.4. The van der Waals surface area contributed by atoms with Crippen LogP contribution in [0.3, 0.4) is 0 Å². The molecule has 0 saturated carbocycles. The lowest BCUT2D eigenvalue weighted by Crippen LogP contribution is -2.18. The number of pyridine rings is 1. The molecule has 0 fully saturated rings. The lowest BCUT2D eigenvalue weighted by Gasteiger charge is -2.19. The van der Waals surface area contributed by atoms with E-state index in [9.17, 15) is 0 Å². The molecule has 0 aliphatic carbocycles. The maximum absolute atomic E-state index is 9.11. The van der Waals surface area contributed by atoms with E-state index in [0.29, 0.717) is 6.54 Å². The van der Waals surface area contributed by atoms with Crippen molar-refractivity contribution in [2.24, 2.45) is 0 Å². The van der Waals surface area contributed by atoms with E-state index in [1.165, 1.54) is 0 Å². The highest BCUT2D eigenvalue weighted by molar-refractivity contribution is 6.31. The fourth-order valence-corrected chi connectivity index (χ4v) is 1.93. The van der Waals surface area contributed by atoms with Gasteiger partial charge < -0.3 is 10.0 Å². The van der Waals surface area contributed by atoms with E-state index in [2.05, 4.69) is 4.98 Å². The fourth-order valence-electron chi connectivity index (χ4n) is 1.73. The maximum atomic E-state index is 9.11. The molecule has 0 aliphatic heterocycles. The Morgan fingerprint density at radius 2 is 2.06 bits per heavy atom. The molecule has 0 atom stereocenters. The second kappa shape index (κ2) is 5.85. The van der Waals surface area contributed by atoms with Gasteiger partial charge in [-0.25, -0.2) is 4.98 Å².